The number of hydrogen-bond donors (Lipinski definition) is 2. The number of carboxylic acids is 1. The average Bonchev–Trinajstić information content (AvgIpc) is 2.56. The Balaban J connectivity index is 2.38. The van der Waals surface area contributed by atoms with Crippen LogP contribution in [0.25, 0.3) is 0 Å². The average molecular weight is 324 g/mol. The molecule has 0 aliphatic heterocycles. The smallest absolute Gasteiger partial charge is 0.303 e. The number of aromatic hydroxyl groups is 1. The molecule has 0 bridgehead atoms. The number of rotatable bonds is 6. The Morgan fingerprint density at radius 3 is 2.58 bits per heavy atom. The molecule has 0 aliphatic carbocycles. The van der Waals surface area contributed by atoms with E-state index in [9.17, 15) is 14.7 Å². The van der Waals surface area contributed by atoms with Crippen LogP contribution in [-0.2, 0) is 11.2 Å². The Morgan fingerprint density at radius 2 is 1.96 bits per heavy atom. The molecule has 0 saturated heterocycles. The molecule has 2 rings (SSSR count). The van der Waals surface area contributed by atoms with Crippen LogP contribution in [0.4, 0.5) is 0 Å². The van der Waals surface area contributed by atoms with Crippen LogP contribution < -0.4 is 0 Å². The summed E-state index contributed by atoms with van der Waals surface area (Å²) < 4.78 is 0. The normalized spacial score (nSPS) is 10.2. The van der Waals surface area contributed by atoms with E-state index < -0.39 is 17.5 Å². The van der Waals surface area contributed by atoms with Gasteiger partial charge in [0.2, 0.25) is 0 Å². The molecule has 0 amide bonds. The van der Waals surface area contributed by atoms with E-state index in [0.29, 0.717) is 12.1 Å². The number of aryl methyl sites for hydroxylation is 1. The molecule has 6 nitrogen and oxygen atoms in total. The number of nitrogens with zero attached hydrogens (tertiary/aromatic N) is 2. The molecular formula is C18H16N2O4. The molecule has 6 heteroatoms. The Labute approximate surface area is 139 Å². The van der Waals surface area contributed by atoms with E-state index >= 15 is 0 Å². The minimum absolute atomic E-state index is 0.0488. The first kappa shape index (κ1) is 17.2. The number of nitriles is 1. The SMILES string of the molecule is Cc1ccccc1Cc1cc(C#N)c(O)c(C(=O)CCC(=O)O)n1. The molecule has 1 aromatic carbocycles. The Morgan fingerprint density at radius 1 is 1.25 bits per heavy atom. The minimum Gasteiger partial charge on any atom is -0.504 e. The summed E-state index contributed by atoms with van der Waals surface area (Å²) in [5, 5.41) is 27.8. The number of Topliss-reactive ketones (excluding diaryl/α,β-unsaturated/α-hetero) is 1. The monoisotopic (exact) mass is 324 g/mol. The number of carbonyl (C=O) groups excluding carboxylic acids is 1. The fourth-order valence-corrected chi connectivity index (χ4v) is 2.30. The molecule has 0 radical (unpaired) electrons. The fraction of sp³-hybridized carbons (Fsp3) is 0.222. The van der Waals surface area contributed by atoms with Crippen LogP contribution in [0.3, 0.4) is 0 Å². The summed E-state index contributed by atoms with van der Waals surface area (Å²) in [6, 6.07) is 10.9. The zero-order valence-electron chi connectivity index (χ0n) is 13.1. The molecule has 0 spiro atoms. The first-order chi connectivity index (χ1) is 11.4. The van der Waals surface area contributed by atoms with Gasteiger partial charge in [-0.2, -0.15) is 5.26 Å². The first-order valence-electron chi connectivity index (χ1n) is 7.35. The molecule has 1 heterocycles. The number of ketones is 1. The number of carboxylic acid groups (broad SMARTS) is 1. The van der Waals surface area contributed by atoms with Crippen LogP contribution in [-0.4, -0.2) is 26.9 Å². The van der Waals surface area contributed by atoms with Gasteiger partial charge in [-0.15, -0.1) is 0 Å². The lowest BCUT2D eigenvalue weighted by Gasteiger charge is -2.09. The van der Waals surface area contributed by atoms with Crippen molar-refractivity contribution in [1.82, 2.24) is 4.98 Å². The predicted molar refractivity (Wildman–Crippen MR) is 85.8 cm³/mol. The van der Waals surface area contributed by atoms with E-state index in [4.69, 9.17) is 10.4 Å². The van der Waals surface area contributed by atoms with E-state index in [1.165, 1.54) is 6.07 Å². The van der Waals surface area contributed by atoms with Gasteiger partial charge in [-0.1, -0.05) is 24.3 Å². The van der Waals surface area contributed by atoms with Crippen LogP contribution in [0.15, 0.2) is 30.3 Å². The van der Waals surface area contributed by atoms with Gasteiger partial charge in [-0.25, -0.2) is 4.98 Å². The van der Waals surface area contributed by atoms with Crippen molar-refractivity contribution in [2.45, 2.75) is 26.2 Å². The summed E-state index contributed by atoms with van der Waals surface area (Å²) in [7, 11) is 0. The van der Waals surface area contributed by atoms with E-state index in [2.05, 4.69) is 4.98 Å². The van der Waals surface area contributed by atoms with Gasteiger partial charge >= 0.3 is 5.97 Å². The topological polar surface area (TPSA) is 111 Å². The molecule has 122 valence electrons. The van der Waals surface area contributed by atoms with Crippen molar-refractivity contribution in [2.24, 2.45) is 0 Å². The van der Waals surface area contributed by atoms with Gasteiger partial charge in [0, 0.05) is 18.5 Å². The Bertz CT molecular complexity index is 837. The van der Waals surface area contributed by atoms with Crippen molar-refractivity contribution >= 4 is 11.8 Å². The van der Waals surface area contributed by atoms with Gasteiger partial charge in [0.1, 0.15) is 11.8 Å². The lowest BCUT2D eigenvalue weighted by Crippen LogP contribution is -2.09. The minimum atomic E-state index is -1.11. The highest BCUT2D eigenvalue weighted by atomic mass is 16.4. The van der Waals surface area contributed by atoms with E-state index in [1.807, 2.05) is 37.3 Å². The number of hydrogen-bond acceptors (Lipinski definition) is 5. The van der Waals surface area contributed by atoms with Crippen molar-refractivity contribution in [1.29, 1.82) is 5.26 Å². The quantitative estimate of drug-likeness (QED) is 0.790. The standard InChI is InChI=1S/C18H16N2O4/c1-11-4-2-3-5-12(11)8-14-9-13(10-19)18(24)17(20-14)15(21)6-7-16(22)23/h2-5,9,24H,6-8H2,1H3,(H,22,23). The van der Waals surface area contributed by atoms with Gasteiger partial charge in [-0.3, -0.25) is 9.59 Å². The van der Waals surface area contributed by atoms with Crippen molar-refractivity contribution in [3.63, 3.8) is 0 Å². The van der Waals surface area contributed by atoms with Gasteiger partial charge in [-0.05, 0) is 24.1 Å². The second-order valence-electron chi connectivity index (χ2n) is 5.39. The fourth-order valence-electron chi connectivity index (χ4n) is 2.30. The van der Waals surface area contributed by atoms with Crippen LogP contribution in [0.1, 0.15) is 45.7 Å². The molecule has 0 atom stereocenters. The van der Waals surface area contributed by atoms with Crippen molar-refractivity contribution in [3.05, 3.63) is 58.4 Å². The van der Waals surface area contributed by atoms with Crippen molar-refractivity contribution in [2.75, 3.05) is 0 Å². The number of carbonyl (C=O) groups is 2. The lowest BCUT2D eigenvalue weighted by molar-refractivity contribution is -0.136. The van der Waals surface area contributed by atoms with Gasteiger partial charge < -0.3 is 10.2 Å². The maximum absolute atomic E-state index is 12.1. The summed E-state index contributed by atoms with van der Waals surface area (Å²) in [5.74, 6) is -2.21. The molecule has 24 heavy (non-hydrogen) atoms. The lowest BCUT2D eigenvalue weighted by atomic mass is 10.0. The summed E-state index contributed by atoms with van der Waals surface area (Å²) >= 11 is 0. The third kappa shape index (κ3) is 3.96. The van der Waals surface area contributed by atoms with Crippen molar-refractivity contribution in [3.8, 4) is 11.8 Å². The van der Waals surface area contributed by atoms with Crippen LogP contribution in [0, 0.1) is 18.3 Å². The molecule has 2 N–H and O–H groups in total. The Hall–Kier alpha value is -3.20. The van der Waals surface area contributed by atoms with E-state index in [-0.39, 0.29) is 24.1 Å². The second kappa shape index (κ2) is 7.38. The Kier molecular flexibility index (Phi) is 5.27. The number of aliphatic carboxylic acids is 1. The molecule has 0 fully saturated rings. The summed E-state index contributed by atoms with van der Waals surface area (Å²) in [4.78, 5) is 26.9. The molecule has 2 aromatic rings. The largest absolute Gasteiger partial charge is 0.504 e. The molecular weight excluding hydrogens is 308 g/mol. The van der Waals surface area contributed by atoms with Gasteiger partial charge in [0.15, 0.2) is 11.5 Å². The highest BCUT2D eigenvalue weighted by molar-refractivity contribution is 5.98. The highest BCUT2D eigenvalue weighted by Gasteiger charge is 2.19. The second-order valence-corrected chi connectivity index (χ2v) is 5.39. The third-order valence-corrected chi connectivity index (χ3v) is 3.63. The van der Waals surface area contributed by atoms with Crippen LogP contribution in [0.5, 0.6) is 5.75 Å². The number of benzene rings is 1. The van der Waals surface area contributed by atoms with E-state index in [0.717, 1.165) is 11.1 Å². The van der Waals surface area contributed by atoms with Crippen molar-refractivity contribution < 1.29 is 19.8 Å². The molecule has 0 saturated carbocycles. The number of pyridine rings is 1. The van der Waals surface area contributed by atoms with Crippen LogP contribution in [0.2, 0.25) is 0 Å². The highest BCUT2D eigenvalue weighted by Crippen LogP contribution is 2.24. The predicted octanol–water partition coefficient (Wildman–Crippen LogP) is 2.61. The first-order valence-corrected chi connectivity index (χ1v) is 7.35. The third-order valence-electron chi connectivity index (χ3n) is 3.63. The zero-order valence-corrected chi connectivity index (χ0v) is 13.1. The maximum Gasteiger partial charge on any atom is 0.303 e. The zero-order chi connectivity index (χ0) is 17.7. The van der Waals surface area contributed by atoms with Crippen LogP contribution >= 0.6 is 0 Å². The number of aromatic nitrogens is 1. The maximum atomic E-state index is 12.1. The summed E-state index contributed by atoms with van der Waals surface area (Å²) in [6.07, 6.45) is -0.237. The van der Waals surface area contributed by atoms with Gasteiger partial charge in [0.05, 0.1) is 12.0 Å². The molecule has 1 aromatic heterocycles. The van der Waals surface area contributed by atoms with Gasteiger partial charge in [0.25, 0.3) is 0 Å². The summed E-state index contributed by atoms with van der Waals surface area (Å²) in [6.45, 7) is 1.94. The molecule has 0 unspecified atom stereocenters. The molecule has 0 aliphatic rings. The van der Waals surface area contributed by atoms with E-state index in [1.54, 1.807) is 0 Å². The summed E-state index contributed by atoms with van der Waals surface area (Å²) in [5.41, 5.74) is 2.21.